The third kappa shape index (κ3) is 2.71. The van der Waals surface area contributed by atoms with Crippen molar-refractivity contribution in [3.8, 4) is 0 Å². The van der Waals surface area contributed by atoms with Gasteiger partial charge in [-0.05, 0) is 12.5 Å². The summed E-state index contributed by atoms with van der Waals surface area (Å²) >= 11 is 0. The number of hydrogen-bond donors (Lipinski definition) is 2. The standard InChI is InChI=1S/C17H16N6O/c1-11-9-15(24)23-17(19-11)21-16(22-23)18-10-13-7-8-14(20-13)12-5-3-2-4-6-12/h2-7,9H,8,10H2,1H3,(H2,18,19,21,22). The number of aliphatic imine (C=N–C) groups is 1. The molecule has 120 valence electrons. The molecule has 0 fully saturated rings. The number of rotatable bonds is 4. The van der Waals surface area contributed by atoms with Crippen LogP contribution in [0.15, 0.2) is 58.0 Å². The Morgan fingerprint density at radius 1 is 1.25 bits per heavy atom. The first-order valence-electron chi connectivity index (χ1n) is 7.71. The molecule has 24 heavy (non-hydrogen) atoms. The van der Waals surface area contributed by atoms with E-state index in [1.54, 1.807) is 6.92 Å². The van der Waals surface area contributed by atoms with Crippen molar-refractivity contribution in [2.45, 2.75) is 13.3 Å². The SMILES string of the molecule is Cc1cc(=O)n2[nH]c(NCC3=CCC(c4ccccc4)=N3)nc2n1. The fraction of sp³-hybridized carbons (Fsp3) is 0.176. The molecular formula is C17H16N6O. The molecule has 7 nitrogen and oxygen atoms in total. The molecule has 1 aliphatic heterocycles. The predicted octanol–water partition coefficient (Wildman–Crippen LogP) is 1.91. The van der Waals surface area contributed by atoms with Gasteiger partial charge < -0.3 is 5.32 Å². The number of anilines is 1. The minimum absolute atomic E-state index is 0.178. The Kier molecular flexibility index (Phi) is 3.45. The average molecular weight is 320 g/mol. The zero-order chi connectivity index (χ0) is 16.5. The number of aromatic amines is 1. The normalized spacial score (nSPS) is 13.9. The van der Waals surface area contributed by atoms with Gasteiger partial charge in [-0.2, -0.15) is 9.50 Å². The van der Waals surface area contributed by atoms with Crippen LogP contribution in [0.5, 0.6) is 0 Å². The van der Waals surface area contributed by atoms with E-state index in [2.05, 4.69) is 43.6 Å². The molecule has 0 saturated carbocycles. The monoisotopic (exact) mass is 320 g/mol. The summed E-state index contributed by atoms with van der Waals surface area (Å²) in [5, 5.41) is 6.05. The number of hydrogen-bond acceptors (Lipinski definition) is 5. The van der Waals surface area contributed by atoms with E-state index in [0.717, 1.165) is 23.4 Å². The van der Waals surface area contributed by atoms with E-state index in [0.29, 0.717) is 24.0 Å². The predicted molar refractivity (Wildman–Crippen MR) is 92.5 cm³/mol. The fourth-order valence-corrected chi connectivity index (χ4v) is 2.65. The van der Waals surface area contributed by atoms with Gasteiger partial charge in [0.2, 0.25) is 5.95 Å². The van der Waals surface area contributed by atoms with Gasteiger partial charge in [0.05, 0.1) is 18.0 Å². The minimum Gasteiger partial charge on any atom is -0.349 e. The lowest BCUT2D eigenvalue weighted by Gasteiger charge is -2.01. The zero-order valence-corrected chi connectivity index (χ0v) is 13.2. The van der Waals surface area contributed by atoms with Gasteiger partial charge in [0, 0.05) is 18.2 Å². The van der Waals surface area contributed by atoms with Crippen molar-refractivity contribution in [2.24, 2.45) is 4.99 Å². The Morgan fingerprint density at radius 3 is 2.92 bits per heavy atom. The fourth-order valence-electron chi connectivity index (χ4n) is 2.65. The molecule has 0 amide bonds. The highest BCUT2D eigenvalue weighted by Gasteiger charge is 2.11. The summed E-state index contributed by atoms with van der Waals surface area (Å²) in [5.74, 6) is 0.853. The van der Waals surface area contributed by atoms with E-state index >= 15 is 0 Å². The van der Waals surface area contributed by atoms with Crippen LogP contribution in [0.2, 0.25) is 0 Å². The smallest absolute Gasteiger partial charge is 0.274 e. The van der Waals surface area contributed by atoms with Crippen molar-refractivity contribution in [2.75, 3.05) is 11.9 Å². The second-order valence-electron chi connectivity index (χ2n) is 5.62. The Hall–Kier alpha value is -3.22. The van der Waals surface area contributed by atoms with Crippen LogP contribution >= 0.6 is 0 Å². The van der Waals surface area contributed by atoms with Gasteiger partial charge in [0.1, 0.15) is 0 Å². The maximum absolute atomic E-state index is 11.9. The largest absolute Gasteiger partial charge is 0.349 e. The third-order valence-electron chi connectivity index (χ3n) is 3.81. The van der Waals surface area contributed by atoms with Crippen LogP contribution in [0, 0.1) is 6.92 Å². The van der Waals surface area contributed by atoms with E-state index in [1.807, 2.05) is 18.2 Å². The summed E-state index contributed by atoms with van der Waals surface area (Å²) in [4.78, 5) is 25.0. The summed E-state index contributed by atoms with van der Waals surface area (Å²) in [6.07, 6.45) is 2.91. The van der Waals surface area contributed by atoms with Crippen molar-refractivity contribution in [3.05, 3.63) is 69.8 Å². The van der Waals surface area contributed by atoms with Crippen molar-refractivity contribution in [3.63, 3.8) is 0 Å². The van der Waals surface area contributed by atoms with Crippen molar-refractivity contribution in [1.29, 1.82) is 0 Å². The first-order valence-corrected chi connectivity index (χ1v) is 7.71. The van der Waals surface area contributed by atoms with Crippen LogP contribution in [0.25, 0.3) is 5.78 Å². The lowest BCUT2D eigenvalue weighted by atomic mass is 10.1. The van der Waals surface area contributed by atoms with Gasteiger partial charge in [-0.1, -0.05) is 36.4 Å². The van der Waals surface area contributed by atoms with Crippen LogP contribution in [0.1, 0.15) is 17.7 Å². The molecule has 1 aromatic carbocycles. The Morgan fingerprint density at radius 2 is 2.08 bits per heavy atom. The molecule has 3 aromatic rings. The molecule has 4 rings (SSSR count). The topological polar surface area (TPSA) is 87.4 Å². The molecular weight excluding hydrogens is 304 g/mol. The average Bonchev–Trinajstić information content (AvgIpc) is 3.20. The summed E-state index contributed by atoms with van der Waals surface area (Å²) in [7, 11) is 0. The lowest BCUT2D eigenvalue weighted by molar-refractivity contribution is 0.888. The quantitative estimate of drug-likeness (QED) is 0.769. The molecule has 0 saturated heterocycles. The van der Waals surface area contributed by atoms with Gasteiger partial charge in [-0.3, -0.25) is 14.9 Å². The molecule has 1 aliphatic rings. The molecule has 0 unspecified atom stereocenters. The summed E-state index contributed by atoms with van der Waals surface area (Å²) in [5.41, 5.74) is 3.62. The molecule has 7 heteroatoms. The maximum atomic E-state index is 11.9. The van der Waals surface area contributed by atoms with E-state index in [4.69, 9.17) is 0 Å². The summed E-state index contributed by atoms with van der Waals surface area (Å²) in [6, 6.07) is 11.6. The number of aromatic nitrogens is 4. The Balaban J connectivity index is 1.49. The van der Waals surface area contributed by atoms with Gasteiger partial charge in [-0.15, -0.1) is 0 Å². The Labute approximate surface area is 137 Å². The van der Waals surface area contributed by atoms with Gasteiger partial charge >= 0.3 is 0 Å². The molecule has 2 N–H and O–H groups in total. The summed E-state index contributed by atoms with van der Waals surface area (Å²) in [6.45, 7) is 2.30. The van der Waals surface area contributed by atoms with Crippen LogP contribution < -0.4 is 10.9 Å². The van der Waals surface area contributed by atoms with Crippen LogP contribution in [-0.4, -0.2) is 31.8 Å². The first kappa shape index (κ1) is 14.4. The number of nitrogens with zero attached hydrogens (tertiary/aromatic N) is 4. The highest BCUT2D eigenvalue weighted by atomic mass is 16.1. The molecule has 0 bridgehead atoms. The number of aryl methyl sites for hydroxylation is 1. The minimum atomic E-state index is -0.178. The van der Waals surface area contributed by atoms with Gasteiger partial charge in [-0.25, -0.2) is 4.98 Å². The first-order chi connectivity index (χ1) is 11.7. The van der Waals surface area contributed by atoms with Gasteiger partial charge in [0.25, 0.3) is 11.3 Å². The zero-order valence-electron chi connectivity index (χ0n) is 13.2. The van der Waals surface area contributed by atoms with Crippen LogP contribution in [0.3, 0.4) is 0 Å². The molecule has 3 heterocycles. The van der Waals surface area contributed by atoms with Crippen LogP contribution in [0.4, 0.5) is 5.95 Å². The van der Waals surface area contributed by atoms with Crippen molar-refractivity contribution < 1.29 is 0 Å². The summed E-state index contributed by atoms with van der Waals surface area (Å²) < 4.78 is 1.32. The van der Waals surface area contributed by atoms with E-state index in [9.17, 15) is 4.79 Å². The number of H-pyrrole nitrogens is 1. The highest BCUT2D eigenvalue weighted by Crippen LogP contribution is 2.16. The van der Waals surface area contributed by atoms with Crippen molar-refractivity contribution in [1.82, 2.24) is 19.6 Å². The molecule has 0 atom stereocenters. The van der Waals surface area contributed by atoms with Crippen LogP contribution in [-0.2, 0) is 0 Å². The molecule has 0 aliphatic carbocycles. The number of benzene rings is 1. The Bertz CT molecular complexity index is 1010. The second-order valence-corrected chi connectivity index (χ2v) is 5.62. The molecule has 0 spiro atoms. The lowest BCUT2D eigenvalue weighted by Crippen LogP contribution is -2.14. The second kappa shape index (κ2) is 5.77. The van der Waals surface area contributed by atoms with E-state index in [-0.39, 0.29) is 5.56 Å². The number of allylic oxidation sites excluding steroid dienone is 1. The van der Waals surface area contributed by atoms with Gasteiger partial charge in [0.15, 0.2) is 0 Å². The maximum Gasteiger partial charge on any atom is 0.274 e. The molecule has 2 aromatic heterocycles. The highest BCUT2D eigenvalue weighted by molar-refractivity contribution is 6.03. The molecule has 0 radical (unpaired) electrons. The van der Waals surface area contributed by atoms with E-state index < -0.39 is 0 Å². The third-order valence-corrected chi connectivity index (χ3v) is 3.81. The number of fused-ring (bicyclic) bond motifs is 1. The van der Waals surface area contributed by atoms with E-state index in [1.165, 1.54) is 10.6 Å². The van der Waals surface area contributed by atoms with Crippen molar-refractivity contribution >= 4 is 17.4 Å². The number of nitrogens with one attached hydrogen (secondary N) is 2.